The molecule has 0 spiro atoms. The molecule has 4 nitrogen and oxygen atoms in total. The third-order valence-corrected chi connectivity index (χ3v) is 4.99. The molecule has 4 rings (SSSR count). The smallest absolute Gasteiger partial charge is 0.341 e. The van der Waals surface area contributed by atoms with Gasteiger partial charge in [-0.2, -0.15) is 0 Å². The van der Waals surface area contributed by atoms with Crippen LogP contribution in [-0.2, 0) is 4.74 Å². The summed E-state index contributed by atoms with van der Waals surface area (Å²) in [6.45, 7) is 6.72. The molecular formula is C14H20N2O2S. The summed E-state index contributed by atoms with van der Waals surface area (Å²) in [5.41, 5.74) is 7.88. The molecule has 1 aromatic rings. The van der Waals surface area contributed by atoms with Gasteiger partial charge in [0.2, 0.25) is 0 Å². The zero-order chi connectivity index (χ0) is 13.6. The Balaban J connectivity index is 1.92. The number of esters is 1. The number of nitrogens with zero attached hydrogens (tertiary/aromatic N) is 1. The number of thiophene rings is 1. The predicted molar refractivity (Wildman–Crippen MR) is 78.0 cm³/mol. The molecule has 1 saturated heterocycles. The number of nitrogens with two attached hydrogens (primary N) is 1. The molecule has 0 unspecified atom stereocenters. The molecule has 0 radical (unpaired) electrons. The van der Waals surface area contributed by atoms with Crippen LogP contribution in [0.3, 0.4) is 0 Å². The number of rotatable bonds is 3. The van der Waals surface area contributed by atoms with E-state index in [0.29, 0.717) is 29.0 Å². The fourth-order valence-electron chi connectivity index (χ4n) is 2.96. The number of ether oxygens (including phenoxy) is 1. The Kier molecular flexibility index (Phi) is 3.17. The number of fused-ring (bicyclic) bond motifs is 2. The molecule has 3 aliphatic rings. The maximum Gasteiger partial charge on any atom is 0.341 e. The summed E-state index contributed by atoms with van der Waals surface area (Å²) in [7, 11) is 0. The van der Waals surface area contributed by atoms with Crippen LogP contribution in [0.1, 0.15) is 48.5 Å². The van der Waals surface area contributed by atoms with E-state index in [4.69, 9.17) is 10.5 Å². The van der Waals surface area contributed by atoms with Gasteiger partial charge in [0, 0.05) is 18.7 Å². The van der Waals surface area contributed by atoms with Gasteiger partial charge in [0.1, 0.15) is 5.00 Å². The molecule has 0 aliphatic carbocycles. The van der Waals surface area contributed by atoms with E-state index < -0.39 is 0 Å². The van der Waals surface area contributed by atoms with E-state index in [1.807, 2.05) is 13.8 Å². The van der Waals surface area contributed by atoms with Crippen LogP contribution < -0.4 is 10.6 Å². The van der Waals surface area contributed by atoms with Gasteiger partial charge in [-0.25, -0.2) is 4.79 Å². The Hall–Kier alpha value is -1.23. The Morgan fingerprint density at radius 3 is 2.79 bits per heavy atom. The second kappa shape index (κ2) is 4.71. The third-order valence-electron chi connectivity index (χ3n) is 3.90. The highest BCUT2D eigenvalue weighted by atomic mass is 32.1. The Morgan fingerprint density at radius 2 is 2.16 bits per heavy atom. The summed E-state index contributed by atoms with van der Waals surface area (Å²) in [5, 5.41) is 1.83. The van der Waals surface area contributed by atoms with Crippen molar-refractivity contribution in [1.82, 2.24) is 0 Å². The highest BCUT2D eigenvalue weighted by Gasteiger charge is 2.38. The van der Waals surface area contributed by atoms with Crippen molar-refractivity contribution >= 4 is 27.3 Å². The average molecular weight is 280 g/mol. The molecule has 0 amide bonds. The lowest BCUT2D eigenvalue weighted by Gasteiger charge is -2.40. The summed E-state index contributed by atoms with van der Waals surface area (Å²) in [5.74, 6) is 0.604. The van der Waals surface area contributed by atoms with Crippen LogP contribution in [0.15, 0.2) is 0 Å². The molecule has 19 heavy (non-hydrogen) atoms. The molecule has 0 aromatic carbocycles. The van der Waals surface area contributed by atoms with E-state index in [2.05, 4.69) is 4.90 Å². The lowest BCUT2D eigenvalue weighted by Crippen LogP contribution is -2.38. The van der Waals surface area contributed by atoms with Crippen LogP contribution in [0.25, 0.3) is 0 Å². The van der Waals surface area contributed by atoms with E-state index in [-0.39, 0.29) is 5.97 Å². The number of carbonyl (C=O) groups is 1. The minimum absolute atomic E-state index is 0.238. The number of hydrogen-bond donors (Lipinski definition) is 1. The van der Waals surface area contributed by atoms with E-state index in [1.165, 1.54) is 5.00 Å². The topological polar surface area (TPSA) is 55.6 Å². The third kappa shape index (κ3) is 2.10. The number of hydrogen-bond acceptors (Lipinski definition) is 5. The average Bonchev–Trinajstić information content (AvgIpc) is 2.76. The van der Waals surface area contributed by atoms with Crippen molar-refractivity contribution in [3.63, 3.8) is 0 Å². The van der Waals surface area contributed by atoms with E-state index in [1.54, 1.807) is 11.3 Å². The van der Waals surface area contributed by atoms with Crippen molar-refractivity contribution in [2.75, 3.05) is 30.3 Å². The maximum absolute atomic E-state index is 12.3. The molecule has 3 aliphatic heterocycles. The Labute approximate surface area is 117 Å². The molecule has 1 fully saturated rings. The van der Waals surface area contributed by atoms with Gasteiger partial charge in [0.15, 0.2) is 0 Å². The lowest BCUT2D eigenvalue weighted by molar-refractivity contribution is 0.0458. The zero-order valence-electron chi connectivity index (χ0n) is 11.4. The highest BCUT2D eigenvalue weighted by Crippen LogP contribution is 2.50. The van der Waals surface area contributed by atoms with E-state index in [9.17, 15) is 4.79 Å². The minimum Gasteiger partial charge on any atom is -0.462 e. The zero-order valence-corrected chi connectivity index (χ0v) is 12.3. The summed E-state index contributed by atoms with van der Waals surface area (Å²) in [4.78, 5) is 14.6. The first-order chi connectivity index (χ1) is 9.08. The second-order valence-corrected chi connectivity index (χ2v) is 6.84. The standard InChI is InChI=1S/C14H20N2O2S/c1-8(2)7-18-14(17)11-10-9-3-5-16(6-4-9)13(10)19-12(11)15/h8-9H,3-7,15H2,1-2H3. The van der Waals surface area contributed by atoms with E-state index >= 15 is 0 Å². The molecule has 2 bridgehead atoms. The van der Waals surface area contributed by atoms with Gasteiger partial charge in [-0.3, -0.25) is 0 Å². The van der Waals surface area contributed by atoms with E-state index in [0.717, 1.165) is 31.5 Å². The van der Waals surface area contributed by atoms with Gasteiger partial charge in [0.05, 0.1) is 17.2 Å². The van der Waals surface area contributed by atoms with Crippen LogP contribution in [0, 0.1) is 5.92 Å². The molecule has 2 N–H and O–H groups in total. The van der Waals surface area contributed by atoms with Crippen molar-refractivity contribution in [2.24, 2.45) is 5.92 Å². The molecule has 5 heteroatoms. The Bertz CT molecular complexity index is 502. The summed E-state index contributed by atoms with van der Waals surface area (Å²) >= 11 is 1.55. The fourth-order valence-corrected chi connectivity index (χ4v) is 4.15. The van der Waals surface area contributed by atoms with Gasteiger partial charge in [0.25, 0.3) is 0 Å². The number of nitrogen functional groups attached to an aromatic ring is 1. The van der Waals surface area contributed by atoms with Crippen molar-refractivity contribution < 1.29 is 9.53 Å². The quantitative estimate of drug-likeness (QED) is 0.865. The van der Waals surface area contributed by atoms with Crippen LogP contribution in [0.5, 0.6) is 0 Å². The molecule has 104 valence electrons. The fraction of sp³-hybridized carbons (Fsp3) is 0.643. The summed E-state index contributed by atoms with van der Waals surface area (Å²) in [6.07, 6.45) is 2.27. The van der Waals surface area contributed by atoms with Gasteiger partial charge in [-0.05, 0) is 24.7 Å². The second-order valence-electron chi connectivity index (χ2n) is 5.81. The van der Waals surface area contributed by atoms with Gasteiger partial charge in [-0.1, -0.05) is 13.8 Å². The molecular weight excluding hydrogens is 260 g/mol. The normalized spacial score (nSPS) is 17.9. The maximum atomic E-state index is 12.3. The van der Waals surface area contributed by atoms with Crippen molar-refractivity contribution in [2.45, 2.75) is 32.6 Å². The van der Waals surface area contributed by atoms with Crippen molar-refractivity contribution in [1.29, 1.82) is 0 Å². The summed E-state index contributed by atoms with van der Waals surface area (Å²) < 4.78 is 5.37. The number of piperidine rings is 1. The minimum atomic E-state index is -0.238. The van der Waals surface area contributed by atoms with Crippen LogP contribution in [0.2, 0.25) is 0 Å². The number of anilines is 2. The van der Waals surface area contributed by atoms with Crippen LogP contribution in [-0.4, -0.2) is 25.7 Å². The predicted octanol–water partition coefficient (Wildman–Crippen LogP) is 2.84. The first-order valence-electron chi connectivity index (χ1n) is 6.92. The van der Waals surface area contributed by atoms with Gasteiger partial charge >= 0.3 is 5.97 Å². The van der Waals surface area contributed by atoms with Crippen molar-refractivity contribution in [3.05, 3.63) is 11.1 Å². The van der Waals surface area contributed by atoms with Crippen molar-refractivity contribution in [3.8, 4) is 0 Å². The molecule has 0 saturated carbocycles. The first kappa shape index (κ1) is 12.8. The summed E-state index contributed by atoms with van der Waals surface area (Å²) in [6, 6.07) is 0. The monoisotopic (exact) mass is 280 g/mol. The first-order valence-corrected chi connectivity index (χ1v) is 7.73. The van der Waals surface area contributed by atoms with Gasteiger partial charge in [-0.15, -0.1) is 11.3 Å². The molecule has 0 atom stereocenters. The largest absolute Gasteiger partial charge is 0.462 e. The van der Waals surface area contributed by atoms with Crippen LogP contribution >= 0.6 is 11.3 Å². The molecule has 1 aromatic heterocycles. The van der Waals surface area contributed by atoms with Gasteiger partial charge < -0.3 is 15.4 Å². The Morgan fingerprint density at radius 1 is 1.47 bits per heavy atom. The van der Waals surface area contributed by atoms with Crippen LogP contribution in [0.4, 0.5) is 10.0 Å². The lowest BCUT2D eigenvalue weighted by atomic mass is 9.84. The molecule has 4 heterocycles. The highest BCUT2D eigenvalue weighted by molar-refractivity contribution is 7.20. The number of carbonyl (C=O) groups excluding carboxylic acids is 1. The SMILES string of the molecule is CC(C)COC(=O)c1c(N)sc2c1C1CCN2CC1.